The molecule has 4 atom stereocenters. The maximum Gasteiger partial charge on any atom is 0.408 e. The van der Waals surface area contributed by atoms with Gasteiger partial charge in [-0.05, 0) is 30.7 Å². The van der Waals surface area contributed by atoms with Gasteiger partial charge in [0, 0.05) is 0 Å². The highest BCUT2D eigenvalue weighted by atomic mass is 16.5. The highest BCUT2D eigenvalue weighted by Gasteiger charge is 2.30. The van der Waals surface area contributed by atoms with Crippen molar-refractivity contribution in [1.82, 2.24) is 16.0 Å². The molecule has 0 radical (unpaired) electrons. The first-order chi connectivity index (χ1) is 15.6. The lowest BCUT2D eigenvalue weighted by Gasteiger charge is -2.26. The standard InChI is InChI=1S/C24H37N3O6/c1-7-16(4)20(27-24(31)33-14-18-11-9-8-10-12-18)22(29)25-17(5)21(28)26-19(13-15(2)3)23(30)32-6/h8-12,15-17,19-20H,7,13-14H2,1-6H3,(H,25,29)(H,26,28)(H,27,31)/t16?,17-,19-,20-/m0/s1. The Kier molecular flexibility index (Phi) is 12.0. The predicted octanol–water partition coefficient (Wildman–Crippen LogP) is 2.54. The highest BCUT2D eigenvalue weighted by Crippen LogP contribution is 2.10. The lowest BCUT2D eigenvalue weighted by molar-refractivity contribution is -0.145. The Labute approximate surface area is 196 Å². The van der Waals surface area contributed by atoms with Gasteiger partial charge in [-0.2, -0.15) is 0 Å². The minimum atomic E-state index is -0.925. The van der Waals surface area contributed by atoms with Crippen molar-refractivity contribution in [2.24, 2.45) is 11.8 Å². The Hall–Kier alpha value is -3.10. The number of carbonyl (C=O) groups is 4. The smallest absolute Gasteiger partial charge is 0.408 e. The number of alkyl carbamates (subject to hydrolysis) is 1. The van der Waals surface area contributed by atoms with E-state index in [0.717, 1.165) is 5.56 Å². The Balaban J connectivity index is 2.73. The van der Waals surface area contributed by atoms with Crippen molar-refractivity contribution in [3.8, 4) is 0 Å². The molecule has 1 unspecified atom stereocenters. The van der Waals surface area contributed by atoms with E-state index in [0.29, 0.717) is 12.8 Å². The summed E-state index contributed by atoms with van der Waals surface area (Å²) in [7, 11) is 1.26. The molecule has 0 heterocycles. The van der Waals surface area contributed by atoms with E-state index in [1.54, 1.807) is 0 Å². The molecule has 0 aliphatic rings. The molecule has 1 aromatic carbocycles. The molecule has 9 heteroatoms. The van der Waals surface area contributed by atoms with Gasteiger partial charge >= 0.3 is 12.1 Å². The van der Waals surface area contributed by atoms with Crippen molar-refractivity contribution in [2.45, 2.75) is 72.2 Å². The Morgan fingerprint density at radius 2 is 1.55 bits per heavy atom. The molecular weight excluding hydrogens is 426 g/mol. The van der Waals surface area contributed by atoms with E-state index in [1.165, 1.54) is 14.0 Å². The average Bonchev–Trinajstić information content (AvgIpc) is 2.79. The molecule has 184 valence electrons. The number of rotatable bonds is 12. The molecule has 0 bridgehead atoms. The van der Waals surface area contributed by atoms with Gasteiger partial charge in [0.1, 0.15) is 24.7 Å². The summed E-state index contributed by atoms with van der Waals surface area (Å²) in [6, 6.07) is 6.57. The van der Waals surface area contributed by atoms with Crippen molar-refractivity contribution in [3.63, 3.8) is 0 Å². The van der Waals surface area contributed by atoms with Crippen molar-refractivity contribution >= 4 is 23.9 Å². The quantitative estimate of drug-likeness (QED) is 0.410. The van der Waals surface area contributed by atoms with Crippen molar-refractivity contribution in [1.29, 1.82) is 0 Å². The molecule has 9 nitrogen and oxygen atoms in total. The van der Waals surface area contributed by atoms with Crippen LogP contribution in [0.3, 0.4) is 0 Å². The van der Waals surface area contributed by atoms with Crippen LogP contribution in [0.4, 0.5) is 4.79 Å². The van der Waals surface area contributed by atoms with Crippen LogP contribution in [0.5, 0.6) is 0 Å². The molecule has 0 aromatic heterocycles. The van der Waals surface area contributed by atoms with E-state index in [1.807, 2.05) is 58.0 Å². The molecule has 1 aromatic rings. The third-order valence-corrected chi connectivity index (χ3v) is 5.24. The summed E-state index contributed by atoms with van der Waals surface area (Å²) < 4.78 is 9.98. The second-order valence-electron chi connectivity index (χ2n) is 8.51. The third kappa shape index (κ3) is 9.93. The second kappa shape index (κ2) is 14.1. The monoisotopic (exact) mass is 463 g/mol. The zero-order valence-corrected chi connectivity index (χ0v) is 20.3. The average molecular weight is 464 g/mol. The summed E-state index contributed by atoms with van der Waals surface area (Å²) in [6.07, 6.45) is 0.305. The zero-order chi connectivity index (χ0) is 25.0. The number of nitrogens with one attached hydrogen (secondary N) is 3. The second-order valence-corrected chi connectivity index (χ2v) is 8.51. The van der Waals surface area contributed by atoms with Gasteiger partial charge < -0.3 is 25.4 Å². The Bertz CT molecular complexity index is 784. The van der Waals surface area contributed by atoms with E-state index in [4.69, 9.17) is 9.47 Å². The third-order valence-electron chi connectivity index (χ3n) is 5.24. The minimum Gasteiger partial charge on any atom is -0.467 e. The van der Waals surface area contributed by atoms with Crippen LogP contribution in [0.2, 0.25) is 0 Å². The number of amides is 3. The SMILES string of the molecule is CCC(C)[C@H](NC(=O)OCc1ccccc1)C(=O)N[C@@H](C)C(=O)N[C@@H](CC(C)C)C(=O)OC. The number of carbonyl (C=O) groups excluding carboxylic acids is 4. The zero-order valence-electron chi connectivity index (χ0n) is 20.3. The predicted molar refractivity (Wildman–Crippen MR) is 124 cm³/mol. The molecule has 1 rings (SSSR count). The first kappa shape index (κ1) is 27.9. The van der Waals surface area contributed by atoms with Crippen molar-refractivity contribution < 1.29 is 28.7 Å². The molecule has 0 fully saturated rings. The summed E-state index contributed by atoms with van der Waals surface area (Å²) in [5, 5.41) is 7.84. The van der Waals surface area contributed by atoms with Crippen LogP contribution in [0, 0.1) is 11.8 Å². The molecule has 3 amide bonds. The van der Waals surface area contributed by atoms with Gasteiger partial charge in [0.05, 0.1) is 7.11 Å². The molecule has 0 spiro atoms. The number of hydrogen-bond acceptors (Lipinski definition) is 6. The summed E-state index contributed by atoms with van der Waals surface area (Å²) in [5.74, 6) is -1.62. The van der Waals surface area contributed by atoms with Crippen LogP contribution in [0.15, 0.2) is 30.3 Å². The molecular formula is C24H37N3O6. The van der Waals surface area contributed by atoms with E-state index >= 15 is 0 Å². The van der Waals surface area contributed by atoms with Gasteiger partial charge in [0.25, 0.3) is 0 Å². The first-order valence-electron chi connectivity index (χ1n) is 11.2. The first-order valence-corrected chi connectivity index (χ1v) is 11.2. The summed E-state index contributed by atoms with van der Waals surface area (Å²) in [4.78, 5) is 49.7. The number of methoxy groups -OCH3 is 1. The fraction of sp³-hybridized carbons (Fsp3) is 0.583. The van der Waals surface area contributed by atoms with E-state index in [2.05, 4.69) is 16.0 Å². The fourth-order valence-corrected chi connectivity index (χ4v) is 3.09. The van der Waals surface area contributed by atoms with Crippen molar-refractivity contribution in [2.75, 3.05) is 7.11 Å². The van der Waals surface area contributed by atoms with Crippen LogP contribution in [-0.4, -0.2) is 49.1 Å². The van der Waals surface area contributed by atoms with Crippen LogP contribution < -0.4 is 16.0 Å². The molecule has 0 aliphatic carbocycles. The molecule has 33 heavy (non-hydrogen) atoms. The summed E-state index contributed by atoms with van der Waals surface area (Å²) in [5.41, 5.74) is 0.823. The van der Waals surface area contributed by atoms with Crippen LogP contribution in [-0.2, 0) is 30.5 Å². The maximum atomic E-state index is 12.9. The van der Waals surface area contributed by atoms with Gasteiger partial charge in [-0.15, -0.1) is 0 Å². The normalized spacial score (nSPS) is 14.4. The minimum absolute atomic E-state index is 0.0745. The topological polar surface area (TPSA) is 123 Å². The highest BCUT2D eigenvalue weighted by molar-refractivity contribution is 5.92. The van der Waals surface area contributed by atoms with Gasteiger partial charge in [-0.3, -0.25) is 9.59 Å². The number of hydrogen-bond donors (Lipinski definition) is 3. The molecule has 0 saturated carbocycles. The van der Waals surface area contributed by atoms with E-state index < -0.39 is 42.0 Å². The Morgan fingerprint density at radius 1 is 0.909 bits per heavy atom. The van der Waals surface area contributed by atoms with Crippen LogP contribution in [0.1, 0.15) is 53.0 Å². The summed E-state index contributed by atoms with van der Waals surface area (Å²) >= 11 is 0. The Morgan fingerprint density at radius 3 is 2.09 bits per heavy atom. The largest absolute Gasteiger partial charge is 0.467 e. The molecule has 0 saturated heterocycles. The number of ether oxygens (including phenoxy) is 2. The van der Waals surface area contributed by atoms with Crippen LogP contribution >= 0.6 is 0 Å². The van der Waals surface area contributed by atoms with E-state index in [9.17, 15) is 19.2 Å². The van der Waals surface area contributed by atoms with Crippen LogP contribution in [0.25, 0.3) is 0 Å². The molecule has 3 N–H and O–H groups in total. The maximum absolute atomic E-state index is 12.9. The van der Waals surface area contributed by atoms with Gasteiger partial charge in [0.15, 0.2) is 0 Å². The van der Waals surface area contributed by atoms with E-state index in [-0.39, 0.29) is 18.4 Å². The van der Waals surface area contributed by atoms with Gasteiger partial charge in [-0.1, -0.05) is 64.4 Å². The summed E-state index contributed by atoms with van der Waals surface area (Å²) in [6.45, 7) is 9.15. The van der Waals surface area contributed by atoms with Gasteiger partial charge in [-0.25, -0.2) is 9.59 Å². The number of esters is 1. The van der Waals surface area contributed by atoms with Crippen molar-refractivity contribution in [3.05, 3.63) is 35.9 Å². The fourth-order valence-electron chi connectivity index (χ4n) is 3.09. The lowest BCUT2D eigenvalue weighted by Crippen LogP contribution is -2.56. The lowest BCUT2D eigenvalue weighted by atomic mass is 9.98. The number of benzene rings is 1. The molecule has 0 aliphatic heterocycles. The van der Waals surface area contributed by atoms with Gasteiger partial charge in [0.2, 0.25) is 11.8 Å².